The van der Waals surface area contributed by atoms with Gasteiger partial charge in [0.1, 0.15) is 11.3 Å². The van der Waals surface area contributed by atoms with Gasteiger partial charge in [0.25, 0.3) is 0 Å². The number of nitrogens with zero attached hydrogens (tertiary/aromatic N) is 2. The van der Waals surface area contributed by atoms with Crippen LogP contribution in [0.2, 0.25) is 0 Å². The van der Waals surface area contributed by atoms with E-state index in [1.165, 1.54) is 5.56 Å². The van der Waals surface area contributed by atoms with Crippen LogP contribution in [-0.2, 0) is 13.1 Å². The van der Waals surface area contributed by atoms with E-state index in [1.54, 1.807) is 0 Å². The number of hydrogen-bond donors (Lipinski definition) is 3. The van der Waals surface area contributed by atoms with Crippen LogP contribution in [-0.4, -0.2) is 39.9 Å². The van der Waals surface area contributed by atoms with E-state index in [4.69, 9.17) is 4.42 Å². The topological polar surface area (TPSA) is 77.3 Å². The Morgan fingerprint density at radius 2 is 1.90 bits per heavy atom. The number of anilines is 1. The van der Waals surface area contributed by atoms with Gasteiger partial charge in [0, 0.05) is 36.3 Å². The van der Waals surface area contributed by atoms with Crippen molar-refractivity contribution in [1.29, 1.82) is 0 Å². The minimum absolute atomic E-state index is 0.322. The van der Waals surface area contributed by atoms with Crippen molar-refractivity contribution in [2.45, 2.75) is 25.9 Å². The van der Waals surface area contributed by atoms with Crippen molar-refractivity contribution in [2.24, 2.45) is 5.92 Å². The Labute approximate surface area is 181 Å². The first-order chi connectivity index (χ1) is 15.3. The van der Waals surface area contributed by atoms with Crippen LogP contribution in [0.3, 0.4) is 0 Å². The van der Waals surface area contributed by atoms with Gasteiger partial charge in [-0.15, -0.1) is 0 Å². The molecule has 0 atom stereocenters. The molecule has 0 amide bonds. The summed E-state index contributed by atoms with van der Waals surface area (Å²) in [7, 11) is 0. The summed E-state index contributed by atoms with van der Waals surface area (Å²) >= 11 is 0. The maximum atomic E-state index is 9.30. The van der Waals surface area contributed by atoms with E-state index in [0.29, 0.717) is 19.1 Å². The number of benzene rings is 2. The van der Waals surface area contributed by atoms with Gasteiger partial charge < -0.3 is 14.8 Å². The summed E-state index contributed by atoms with van der Waals surface area (Å²) in [5.74, 6) is 1.28. The molecule has 0 aliphatic carbocycles. The minimum Gasteiger partial charge on any atom is -0.454 e. The highest BCUT2D eigenvalue weighted by Crippen LogP contribution is 2.29. The highest BCUT2D eigenvalue weighted by atomic mass is 16.3. The molecule has 2 aromatic heterocycles. The van der Waals surface area contributed by atoms with Crippen molar-refractivity contribution in [3.05, 3.63) is 71.9 Å². The molecule has 0 spiro atoms. The molecule has 4 aromatic rings. The van der Waals surface area contributed by atoms with Crippen molar-refractivity contribution in [2.75, 3.05) is 25.0 Å². The number of aromatic nitrogens is 2. The Balaban J connectivity index is 1.20. The number of likely N-dealkylation sites (tertiary alicyclic amines) is 1. The van der Waals surface area contributed by atoms with Gasteiger partial charge in [-0.2, -0.15) is 5.10 Å². The molecular formula is C25H28N4O2. The van der Waals surface area contributed by atoms with Crippen LogP contribution in [0.15, 0.2) is 65.2 Å². The molecule has 0 bridgehead atoms. The minimum atomic E-state index is 0.322. The normalized spacial score (nSPS) is 15.5. The Hall–Kier alpha value is -3.09. The zero-order valence-electron chi connectivity index (χ0n) is 17.6. The molecule has 2 aromatic carbocycles. The molecule has 1 fully saturated rings. The number of piperidine rings is 1. The molecule has 0 saturated carbocycles. The number of fused-ring (bicyclic) bond motifs is 1. The second-order valence-electron chi connectivity index (χ2n) is 8.37. The first-order valence-corrected chi connectivity index (χ1v) is 11.0. The third kappa shape index (κ3) is 4.50. The molecule has 6 heteroatoms. The number of aromatic amines is 1. The fourth-order valence-electron chi connectivity index (χ4n) is 4.27. The van der Waals surface area contributed by atoms with Gasteiger partial charge in [0.05, 0.1) is 6.20 Å². The van der Waals surface area contributed by atoms with E-state index < -0.39 is 0 Å². The van der Waals surface area contributed by atoms with Crippen LogP contribution in [0.25, 0.3) is 22.4 Å². The van der Waals surface area contributed by atoms with E-state index in [0.717, 1.165) is 66.2 Å². The smallest absolute Gasteiger partial charge is 0.153 e. The summed E-state index contributed by atoms with van der Waals surface area (Å²) in [6.45, 7) is 4.09. The number of furan rings is 1. The lowest BCUT2D eigenvalue weighted by molar-refractivity contribution is 0.127. The third-order valence-corrected chi connectivity index (χ3v) is 6.20. The number of hydrogen-bond acceptors (Lipinski definition) is 5. The number of aliphatic hydroxyl groups excluding tert-OH is 1. The summed E-state index contributed by atoms with van der Waals surface area (Å²) in [5.41, 5.74) is 5.25. The number of rotatable bonds is 7. The van der Waals surface area contributed by atoms with Crippen molar-refractivity contribution < 1.29 is 9.52 Å². The molecule has 3 heterocycles. The van der Waals surface area contributed by atoms with Gasteiger partial charge in [-0.3, -0.25) is 10.00 Å². The summed E-state index contributed by atoms with van der Waals surface area (Å²) in [5, 5.41) is 21.2. The van der Waals surface area contributed by atoms with Crippen LogP contribution in [0.1, 0.15) is 24.0 Å². The number of nitrogens with one attached hydrogen (secondary N) is 2. The predicted molar refractivity (Wildman–Crippen MR) is 123 cm³/mol. The van der Waals surface area contributed by atoms with E-state index in [-0.39, 0.29) is 0 Å². The molecule has 3 N–H and O–H groups in total. The molecule has 160 valence electrons. The average Bonchev–Trinajstić information content (AvgIpc) is 3.45. The van der Waals surface area contributed by atoms with Gasteiger partial charge in [-0.25, -0.2) is 0 Å². The molecule has 0 unspecified atom stereocenters. The van der Waals surface area contributed by atoms with Crippen molar-refractivity contribution in [3.8, 4) is 11.5 Å². The van der Waals surface area contributed by atoms with E-state index in [1.807, 2.05) is 36.5 Å². The highest BCUT2D eigenvalue weighted by molar-refractivity contribution is 5.82. The quantitative estimate of drug-likeness (QED) is 0.409. The standard InChI is InChI=1S/C25H28N4O2/c30-17-19-9-11-29(12-10-19)16-18-5-7-22(8-6-18)26-14-21-15-27-28-25(21)24-13-20-3-1-2-4-23(20)31-24/h1-8,13,15,19,26,30H,9-12,14,16-17H2,(H,27,28). The van der Waals surface area contributed by atoms with Gasteiger partial charge in [0.2, 0.25) is 0 Å². The van der Waals surface area contributed by atoms with Gasteiger partial charge in [0.15, 0.2) is 5.76 Å². The maximum Gasteiger partial charge on any atom is 0.153 e. The first-order valence-electron chi connectivity index (χ1n) is 11.0. The second-order valence-corrected chi connectivity index (χ2v) is 8.37. The number of H-pyrrole nitrogens is 1. The predicted octanol–water partition coefficient (Wildman–Crippen LogP) is 4.64. The average molecular weight is 417 g/mol. The van der Waals surface area contributed by atoms with Crippen LogP contribution in [0.4, 0.5) is 5.69 Å². The van der Waals surface area contributed by atoms with Crippen LogP contribution >= 0.6 is 0 Å². The number of aliphatic hydroxyl groups is 1. The first kappa shape index (κ1) is 19.8. The molecule has 31 heavy (non-hydrogen) atoms. The lowest BCUT2D eigenvalue weighted by Crippen LogP contribution is -2.34. The molecule has 0 radical (unpaired) electrons. The summed E-state index contributed by atoms with van der Waals surface area (Å²) < 4.78 is 5.99. The number of para-hydroxylation sites is 1. The monoisotopic (exact) mass is 416 g/mol. The lowest BCUT2D eigenvalue weighted by Gasteiger charge is -2.31. The van der Waals surface area contributed by atoms with Gasteiger partial charge in [-0.1, -0.05) is 30.3 Å². The van der Waals surface area contributed by atoms with Crippen LogP contribution in [0.5, 0.6) is 0 Å². The molecule has 6 nitrogen and oxygen atoms in total. The summed E-state index contributed by atoms with van der Waals surface area (Å²) in [6.07, 6.45) is 4.03. The lowest BCUT2D eigenvalue weighted by atomic mass is 9.97. The molecule has 5 rings (SSSR count). The zero-order chi connectivity index (χ0) is 21.0. The van der Waals surface area contributed by atoms with Crippen LogP contribution in [0, 0.1) is 5.92 Å². The second kappa shape index (κ2) is 8.96. The third-order valence-electron chi connectivity index (χ3n) is 6.20. The molecule has 1 saturated heterocycles. The Bertz CT molecular complexity index is 1090. The van der Waals surface area contributed by atoms with Crippen molar-refractivity contribution in [3.63, 3.8) is 0 Å². The summed E-state index contributed by atoms with van der Waals surface area (Å²) in [4.78, 5) is 2.47. The van der Waals surface area contributed by atoms with Gasteiger partial charge in [-0.05, 0) is 61.7 Å². The van der Waals surface area contributed by atoms with E-state index >= 15 is 0 Å². The van der Waals surface area contributed by atoms with Crippen LogP contribution < -0.4 is 5.32 Å². The van der Waals surface area contributed by atoms with Crippen molar-refractivity contribution >= 4 is 16.7 Å². The maximum absolute atomic E-state index is 9.30. The fourth-order valence-corrected chi connectivity index (χ4v) is 4.27. The SMILES string of the molecule is OCC1CCN(Cc2ccc(NCc3cn[nH]c3-c3cc4ccccc4o3)cc2)CC1. The van der Waals surface area contributed by atoms with Crippen molar-refractivity contribution in [1.82, 2.24) is 15.1 Å². The zero-order valence-corrected chi connectivity index (χ0v) is 17.6. The molecular weight excluding hydrogens is 388 g/mol. The Morgan fingerprint density at radius 1 is 1.10 bits per heavy atom. The molecule has 1 aliphatic rings. The van der Waals surface area contributed by atoms with E-state index in [9.17, 15) is 5.11 Å². The molecule has 1 aliphatic heterocycles. The van der Waals surface area contributed by atoms with Gasteiger partial charge >= 0.3 is 0 Å². The Kier molecular flexibility index (Phi) is 5.74. The fraction of sp³-hybridized carbons (Fsp3) is 0.320. The summed E-state index contributed by atoms with van der Waals surface area (Å²) in [6, 6.07) is 18.7. The largest absolute Gasteiger partial charge is 0.454 e. The van der Waals surface area contributed by atoms with E-state index in [2.05, 4.69) is 44.7 Å². The highest BCUT2D eigenvalue weighted by Gasteiger charge is 2.18. The Morgan fingerprint density at radius 3 is 2.68 bits per heavy atom.